The molecular formula is C41H45ClN6O6Si2. The van der Waals surface area contributed by atoms with Crippen LogP contribution in [0, 0.1) is 6.92 Å². The lowest BCUT2D eigenvalue weighted by Gasteiger charge is -2.34. The molecule has 3 N–H and O–H groups in total. The third-order valence-corrected chi connectivity index (χ3v) is 17.6. The Bertz CT molecular complexity index is 2280. The molecule has 290 valence electrons. The fraction of sp³-hybridized carbons (Fsp3) is 0.268. The molecule has 0 saturated carbocycles. The first-order chi connectivity index (χ1) is 26.7. The van der Waals surface area contributed by atoms with Gasteiger partial charge in [-0.05, 0) is 105 Å². The Kier molecular flexibility index (Phi) is 12.0. The van der Waals surface area contributed by atoms with Crippen molar-refractivity contribution in [1.29, 1.82) is 0 Å². The smallest absolute Gasteiger partial charge is 0.335 e. The number of fused-ring (bicyclic) bond motifs is 3. The maximum absolute atomic E-state index is 13.3. The molecule has 0 aliphatic carbocycles. The largest absolute Gasteiger partial charge is 0.497 e. The van der Waals surface area contributed by atoms with E-state index in [4.69, 9.17) is 25.4 Å². The number of rotatable bonds is 14. The zero-order valence-corrected chi connectivity index (χ0v) is 35.0. The van der Waals surface area contributed by atoms with Gasteiger partial charge >= 0.3 is 5.97 Å². The highest BCUT2D eigenvalue weighted by atomic mass is 35.5. The maximum Gasteiger partial charge on any atom is 0.335 e. The third-order valence-electron chi connectivity index (χ3n) is 9.77. The number of ether oxygens (including phenoxy) is 1. The summed E-state index contributed by atoms with van der Waals surface area (Å²) in [7, 11) is -3.11. The number of halogens is 1. The van der Waals surface area contributed by atoms with E-state index in [1.807, 2.05) is 66.1 Å². The molecular weight excluding hydrogens is 764 g/mol. The lowest BCUT2D eigenvalue weighted by molar-refractivity contribution is -0.121. The molecule has 12 nitrogen and oxygen atoms in total. The highest BCUT2D eigenvalue weighted by Crippen LogP contribution is 2.34. The van der Waals surface area contributed by atoms with Gasteiger partial charge in [0.05, 0.1) is 30.5 Å². The number of aromatic nitrogens is 3. The topological polar surface area (TPSA) is 157 Å². The van der Waals surface area contributed by atoms with Crippen LogP contribution in [0.4, 0.5) is 0 Å². The lowest BCUT2D eigenvalue weighted by atomic mass is 10.00. The summed E-state index contributed by atoms with van der Waals surface area (Å²) in [6, 6.07) is 27.0. The molecule has 0 fully saturated rings. The minimum Gasteiger partial charge on any atom is -0.497 e. The van der Waals surface area contributed by atoms with Crippen molar-refractivity contribution in [3.8, 4) is 11.4 Å². The highest BCUT2D eigenvalue weighted by Gasteiger charge is 2.36. The molecule has 0 unspecified atom stereocenters. The molecule has 5 aromatic rings. The lowest BCUT2D eigenvalue weighted by Crippen LogP contribution is -2.57. The number of aliphatic imine (C=N–C) groups is 1. The monoisotopic (exact) mass is 808 g/mol. The molecule has 6 rings (SSSR count). The van der Waals surface area contributed by atoms with E-state index in [9.17, 15) is 19.5 Å². The molecule has 1 aromatic heterocycles. The quantitative estimate of drug-likeness (QED) is 0.0954. The second-order valence-electron chi connectivity index (χ2n) is 14.6. The molecule has 2 heterocycles. The van der Waals surface area contributed by atoms with Gasteiger partial charge in [0.2, 0.25) is 22.5 Å². The number of nitrogens with one attached hydrogen (secondary N) is 2. The van der Waals surface area contributed by atoms with Gasteiger partial charge in [0.15, 0.2) is 5.82 Å². The first-order valence-corrected chi connectivity index (χ1v) is 24.5. The van der Waals surface area contributed by atoms with Crippen molar-refractivity contribution in [1.82, 2.24) is 25.4 Å². The molecule has 0 spiro atoms. The summed E-state index contributed by atoms with van der Waals surface area (Å²) in [5.41, 5.74) is 3.94. The second kappa shape index (κ2) is 16.8. The Hall–Kier alpha value is -5.42. The Morgan fingerprint density at radius 1 is 0.821 bits per heavy atom. The predicted octanol–water partition coefficient (Wildman–Crippen LogP) is 5.70. The number of benzene rings is 4. The molecule has 4 aromatic carbocycles. The SMILES string of the molecule is COc1ccc2c(c1)C(c1ccc(Cl)cc1)=N[C@@H](CC(=O)NCCCNC(=O)c1ccc([Si](C)(C)O[Si](C)(C)c3ccc(C(=O)O)cc3)cc1)c1nnc(C)n1-2. The number of methoxy groups -OCH3 is 1. The summed E-state index contributed by atoms with van der Waals surface area (Å²) in [6.07, 6.45) is 0.570. The van der Waals surface area contributed by atoms with Gasteiger partial charge in [0.25, 0.3) is 5.91 Å². The number of carbonyl (C=O) groups excluding carboxylic acids is 2. The number of carbonyl (C=O) groups is 3. The van der Waals surface area contributed by atoms with Gasteiger partial charge in [-0.2, -0.15) is 0 Å². The van der Waals surface area contributed by atoms with Crippen molar-refractivity contribution in [3.63, 3.8) is 0 Å². The van der Waals surface area contributed by atoms with Crippen LogP contribution in [0.5, 0.6) is 5.75 Å². The van der Waals surface area contributed by atoms with E-state index >= 15 is 0 Å². The Labute approximate surface area is 333 Å². The van der Waals surface area contributed by atoms with E-state index in [2.05, 4.69) is 47.0 Å². The molecule has 0 saturated heterocycles. The molecule has 1 aliphatic heterocycles. The number of amides is 2. The van der Waals surface area contributed by atoms with Crippen LogP contribution in [0.2, 0.25) is 31.2 Å². The van der Waals surface area contributed by atoms with Gasteiger partial charge in [-0.25, -0.2) is 4.79 Å². The van der Waals surface area contributed by atoms with E-state index in [1.165, 1.54) is 0 Å². The van der Waals surface area contributed by atoms with Crippen LogP contribution in [0.15, 0.2) is 96.0 Å². The summed E-state index contributed by atoms with van der Waals surface area (Å²) in [5, 5.41) is 26.6. The molecule has 0 bridgehead atoms. The number of carboxylic acid groups (broad SMARTS) is 1. The van der Waals surface area contributed by atoms with Gasteiger partial charge < -0.3 is 24.6 Å². The number of hydrogen-bond acceptors (Lipinski definition) is 8. The number of nitrogens with zero attached hydrogens (tertiary/aromatic N) is 4. The molecule has 1 atom stereocenters. The highest BCUT2D eigenvalue weighted by molar-refractivity contribution is 6.96. The van der Waals surface area contributed by atoms with Crippen LogP contribution in [0.25, 0.3) is 5.69 Å². The van der Waals surface area contributed by atoms with Crippen molar-refractivity contribution in [2.45, 2.75) is 52.0 Å². The summed E-state index contributed by atoms with van der Waals surface area (Å²) in [6.45, 7) is 11.1. The van der Waals surface area contributed by atoms with Crippen LogP contribution in [0.3, 0.4) is 0 Å². The average Bonchev–Trinajstić information content (AvgIpc) is 3.50. The first kappa shape index (κ1) is 40.3. The van der Waals surface area contributed by atoms with Gasteiger partial charge in [-0.1, -0.05) is 48.0 Å². The summed E-state index contributed by atoms with van der Waals surface area (Å²) >= 11 is 6.22. The Morgan fingerprint density at radius 2 is 1.43 bits per heavy atom. The minimum absolute atomic E-state index is 0.0408. The van der Waals surface area contributed by atoms with Crippen LogP contribution in [-0.2, 0) is 8.91 Å². The molecule has 56 heavy (non-hydrogen) atoms. The third kappa shape index (κ3) is 9.00. The summed E-state index contributed by atoms with van der Waals surface area (Å²) in [4.78, 5) is 42.7. The van der Waals surface area contributed by atoms with Crippen LogP contribution >= 0.6 is 11.6 Å². The van der Waals surface area contributed by atoms with Crippen molar-refractivity contribution in [3.05, 3.63) is 130 Å². The molecule has 1 aliphatic rings. The zero-order valence-electron chi connectivity index (χ0n) is 32.2. The molecule has 15 heteroatoms. The van der Waals surface area contributed by atoms with Crippen LogP contribution in [0.1, 0.15) is 62.4 Å². The van der Waals surface area contributed by atoms with Crippen molar-refractivity contribution >= 4 is 62.1 Å². The first-order valence-electron chi connectivity index (χ1n) is 18.3. The van der Waals surface area contributed by atoms with Crippen LogP contribution in [-0.4, -0.2) is 80.2 Å². The predicted molar refractivity (Wildman–Crippen MR) is 222 cm³/mol. The number of aryl methyl sites for hydroxylation is 1. The zero-order chi connectivity index (χ0) is 40.2. The second-order valence-corrected chi connectivity index (χ2v) is 23.0. The van der Waals surface area contributed by atoms with Crippen molar-refractivity contribution in [2.24, 2.45) is 4.99 Å². The van der Waals surface area contributed by atoms with Gasteiger partial charge in [0.1, 0.15) is 17.6 Å². The summed E-state index contributed by atoms with van der Waals surface area (Å²) < 4.78 is 14.3. The standard InChI is InChI=1S/C41H45ClN6O6Si2/c1-26-46-47-39-35(45-38(27-8-14-30(42)15-9-27)34-24-31(53-2)16-21-36(34)48(26)39)25-37(49)43-22-7-23-44-40(50)28-10-17-32(18-11-28)55(3,4)54-56(5,6)33-19-12-29(13-20-33)41(51)52/h8-21,24,35H,7,22-23,25H2,1-6H3,(H,43,49)(H,44,50)(H,51,52)/t35-/m0/s1. The van der Waals surface area contributed by atoms with E-state index in [0.29, 0.717) is 53.2 Å². The maximum atomic E-state index is 13.3. The van der Waals surface area contributed by atoms with E-state index < -0.39 is 28.6 Å². The molecule has 2 amide bonds. The Balaban J connectivity index is 1.04. The fourth-order valence-electron chi connectivity index (χ4n) is 6.84. The van der Waals surface area contributed by atoms with E-state index in [1.54, 1.807) is 43.5 Å². The van der Waals surface area contributed by atoms with E-state index in [0.717, 1.165) is 27.2 Å². The van der Waals surface area contributed by atoms with Crippen LogP contribution < -0.4 is 25.7 Å². The number of carboxylic acids is 1. The number of aromatic carboxylic acids is 1. The number of hydrogen-bond donors (Lipinski definition) is 3. The van der Waals surface area contributed by atoms with Gasteiger partial charge in [-0.3, -0.25) is 19.1 Å². The minimum atomic E-state index is -2.37. The average molecular weight is 809 g/mol. The fourth-order valence-corrected chi connectivity index (χ4v) is 14.9. The normalized spacial score (nSPS) is 13.8. The Morgan fingerprint density at radius 3 is 2.04 bits per heavy atom. The van der Waals surface area contributed by atoms with Gasteiger partial charge in [0, 0.05) is 34.8 Å². The molecule has 0 radical (unpaired) electrons. The summed E-state index contributed by atoms with van der Waals surface area (Å²) in [5.74, 6) is 0.526. The van der Waals surface area contributed by atoms with Crippen molar-refractivity contribution in [2.75, 3.05) is 20.2 Å². The van der Waals surface area contributed by atoms with Gasteiger partial charge in [-0.15, -0.1) is 10.2 Å². The van der Waals surface area contributed by atoms with Crippen molar-refractivity contribution < 1.29 is 28.3 Å². The van der Waals surface area contributed by atoms with E-state index in [-0.39, 0.29) is 23.8 Å².